The zero-order chi connectivity index (χ0) is 14.7. The maximum atomic E-state index is 11.8. The van der Waals surface area contributed by atoms with Gasteiger partial charge in [0.2, 0.25) is 0 Å². The van der Waals surface area contributed by atoms with Gasteiger partial charge in [0.1, 0.15) is 0 Å². The summed E-state index contributed by atoms with van der Waals surface area (Å²) in [6, 6.07) is 4.28. The Morgan fingerprint density at radius 2 is 2.15 bits per heavy atom. The number of benzene rings is 1. The fourth-order valence-corrected chi connectivity index (χ4v) is 2.42. The molecule has 0 saturated heterocycles. The number of hydrogen-bond donors (Lipinski definition) is 3. The Hall–Kier alpha value is -1.56. The molecule has 2 amide bonds. The van der Waals surface area contributed by atoms with Gasteiger partial charge in [0.05, 0.1) is 11.3 Å². The molecule has 0 bridgehead atoms. The van der Waals surface area contributed by atoms with Crippen molar-refractivity contribution in [3.63, 3.8) is 0 Å². The smallest absolute Gasteiger partial charge is 0.337 e. The lowest BCUT2D eigenvalue weighted by Gasteiger charge is -2.13. The molecule has 6 heteroatoms. The van der Waals surface area contributed by atoms with Crippen LogP contribution in [0.15, 0.2) is 22.7 Å². The van der Waals surface area contributed by atoms with E-state index in [0.717, 1.165) is 5.92 Å². The third kappa shape index (κ3) is 3.96. The van der Waals surface area contributed by atoms with Gasteiger partial charge in [0, 0.05) is 11.0 Å². The van der Waals surface area contributed by atoms with E-state index in [4.69, 9.17) is 5.11 Å². The second kappa shape index (κ2) is 6.26. The SMILES string of the molecule is CC(CNC(=O)Nc1cc(Br)ccc1C(=O)O)C1CC1. The van der Waals surface area contributed by atoms with Gasteiger partial charge < -0.3 is 15.7 Å². The summed E-state index contributed by atoms with van der Waals surface area (Å²) < 4.78 is 0.712. The molecule has 1 unspecified atom stereocenters. The zero-order valence-electron chi connectivity index (χ0n) is 11.1. The number of carboxylic acid groups (broad SMARTS) is 1. The van der Waals surface area contributed by atoms with Gasteiger partial charge in [-0.1, -0.05) is 22.9 Å². The van der Waals surface area contributed by atoms with Gasteiger partial charge >= 0.3 is 12.0 Å². The third-order valence-electron chi connectivity index (χ3n) is 3.47. The average molecular weight is 341 g/mol. The van der Waals surface area contributed by atoms with Crippen LogP contribution in [0.5, 0.6) is 0 Å². The van der Waals surface area contributed by atoms with E-state index in [-0.39, 0.29) is 17.3 Å². The highest BCUT2D eigenvalue weighted by Gasteiger charge is 2.27. The second-order valence-electron chi connectivity index (χ2n) is 5.14. The van der Waals surface area contributed by atoms with Crippen molar-refractivity contribution in [1.29, 1.82) is 0 Å². The van der Waals surface area contributed by atoms with E-state index < -0.39 is 5.97 Å². The van der Waals surface area contributed by atoms with Gasteiger partial charge in [-0.3, -0.25) is 0 Å². The van der Waals surface area contributed by atoms with Gasteiger partial charge in [0.25, 0.3) is 0 Å². The standard InChI is InChI=1S/C14H17BrN2O3/c1-8(9-2-3-9)7-16-14(20)17-12-6-10(15)4-5-11(12)13(18)19/h4-6,8-9H,2-3,7H2,1H3,(H,18,19)(H2,16,17,20). The Morgan fingerprint density at radius 3 is 2.75 bits per heavy atom. The Bertz CT molecular complexity index is 529. The summed E-state index contributed by atoms with van der Waals surface area (Å²) >= 11 is 3.26. The van der Waals surface area contributed by atoms with Crippen molar-refractivity contribution >= 4 is 33.6 Å². The molecule has 1 saturated carbocycles. The minimum Gasteiger partial charge on any atom is -0.478 e. The number of carbonyl (C=O) groups excluding carboxylic acids is 1. The van der Waals surface area contributed by atoms with Crippen LogP contribution in [-0.4, -0.2) is 23.7 Å². The van der Waals surface area contributed by atoms with Crippen LogP contribution in [0.4, 0.5) is 10.5 Å². The molecule has 0 aromatic heterocycles. The van der Waals surface area contributed by atoms with Crippen LogP contribution in [0.2, 0.25) is 0 Å². The number of urea groups is 1. The average Bonchev–Trinajstić information content (AvgIpc) is 3.19. The fourth-order valence-electron chi connectivity index (χ4n) is 2.06. The van der Waals surface area contributed by atoms with E-state index in [0.29, 0.717) is 16.9 Å². The summed E-state index contributed by atoms with van der Waals surface area (Å²) in [6.45, 7) is 2.71. The number of aromatic carboxylic acids is 1. The minimum atomic E-state index is -1.07. The van der Waals surface area contributed by atoms with Crippen molar-refractivity contribution in [3.8, 4) is 0 Å². The van der Waals surface area contributed by atoms with E-state index >= 15 is 0 Å². The lowest BCUT2D eigenvalue weighted by Crippen LogP contribution is -2.33. The van der Waals surface area contributed by atoms with E-state index in [1.807, 2.05) is 0 Å². The molecular formula is C14H17BrN2O3. The van der Waals surface area contributed by atoms with Gasteiger partial charge in [-0.2, -0.15) is 0 Å². The molecule has 0 spiro atoms. The summed E-state index contributed by atoms with van der Waals surface area (Å²) in [6.07, 6.45) is 2.47. The Kier molecular flexibility index (Phi) is 4.65. The van der Waals surface area contributed by atoms with Crippen molar-refractivity contribution < 1.29 is 14.7 Å². The molecule has 20 heavy (non-hydrogen) atoms. The normalized spacial score (nSPS) is 15.5. The molecule has 1 aromatic carbocycles. The number of halogens is 1. The van der Waals surface area contributed by atoms with Crippen LogP contribution in [0, 0.1) is 11.8 Å². The van der Waals surface area contributed by atoms with Gasteiger partial charge in [-0.25, -0.2) is 9.59 Å². The number of anilines is 1. The molecule has 5 nitrogen and oxygen atoms in total. The number of amides is 2. The minimum absolute atomic E-state index is 0.0681. The van der Waals surface area contributed by atoms with Crippen LogP contribution < -0.4 is 10.6 Å². The first kappa shape index (κ1) is 14.8. The van der Waals surface area contributed by atoms with E-state index in [1.54, 1.807) is 12.1 Å². The molecule has 108 valence electrons. The molecular weight excluding hydrogens is 324 g/mol. The Balaban J connectivity index is 1.95. The van der Waals surface area contributed by atoms with E-state index in [1.165, 1.54) is 18.9 Å². The van der Waals surface area contributed by atoms with Gasteiger partial charge in [-0.15, -0.1) is 0 Å². The topological polar surface area (TPSA) is 78.4 Å². The number of carbonyl (C=O) groups is 2. The fraction of sp³-hybridized carbons (Fsp3) is 0.429. The molecule has 1 aliphatic carbocycles. The van der Waals surface area contributed by atoms with Crippen molar-refractivity contribution in [2.45, 2.75) is 19.8 Å². The summed E-state index contributed by atoms with van der Waals surface area (Å²) in [5.41, 5.74) is 0.349. The molecule has 1 atom stereocenters. The number of hydrogen-bond acceptors (Lipinski definition) is 2. The summed E-state index contributed by atoms with van der Waals surface area (Å²) in [5.74, 6) is 0.108. The van der Waals surface area contributed by atoms with Crippen LogP contribution in [-0.2, 0) is 0 Å². The number of rotatable bonds is 5. The molecule has 1 aliphatic rings. The molecule has 0 radical (unpaired) electrons. The van der Waals surface area contributed by atoms with Crippen LogP contribution in [0.25, 0.3) is 0 Å². The highest BCUT2D eigenvalue weighted by atomic mass is 79.9. The van der Waals surface area contributed by atoms with Crippen LogP contribution >= 0.6 is 15.9 Å². The predicted octanol–water partition coefficient (Wildman–Crippen LogP) is 3.31. The first-order valence-corrected chi connectivity index (χ1v) is 7.34. The predicted molar refractivity (Wildman–Crippen MR) is 80.0 cm³/mol. The van der Waals surface area contributed by atoms with Gasteiger partial charge in [-0.05, 0) is 42.9 Å². The quantitative estimate of drug-likeness (QED) is 0.769. The molecule has 2 rings (SSSR count). The monoisotopic (exact) mass is 340 g/mol. The van der Waals surface area contributed by atoms with Crippen molar-refractivity contribution in [1.82, 2.24) is 5.32 Å². The second-order valence-corrected chi connectivity index (χ2v) is 6.06. The van der Waals surface area contributed by atoms with Crippen molar-refractivity contribution in [2.75, 3.05) is 11.9 Å². The maximum absolute atomic E-state index is 11.8. The molecule has 0 heterocycles. The first-order chi connectivity index (χ1) is 9.47. The lowest BCUT2D eigenvalue weighted by atomic mass is 10.1. The Morgan fingerprint density at radius 1 is 1.45 bits per heavy atom. The molecule has 1 aromatic rings. The highest BCUT2D eigenvalue weighted by Crippen LogP contribution is 2.36. The van der Waals surface area contributed by atoms with Crippen LogP contribution in [0.3, 0.4) is 0 Å². The van der Waals surface area contributed by atoms with E-state index in [2.05, 4.69) is 33.5 Å². The summed E-state index contributed by atoms with van der Waals surface area (Å²) in [4.78, 5) is 22.9. The van der Waals surface area contributed by atoms with Crippen LogP contribution in [0.1, 0.15) is 30.1 Å². The maximum Gasteiger partial charge on any atom is 0.337 e. The summed E-state index contributed by atoms with van der Waals surface area (Å²) in [7, 11) is 0. The lowest BCUT2D eigenvalue weighted by molar-refractivity contribution is 0.0698. The summed E-state index contributed by atoms with van der Waals surface area (Å²) in [5, 5.41) is 14.4. The van der Waals surface area contributed by atoms with Crippen molar-refractivity contribution in [2.24, 2.45) is 11.8 Å². The Labute approximate surface area is 125 Å². The molecule has 1 fully saturated rings. The van der Waals surface area contributed by atoms with E-state index in [9.17, 15) is 9.59 Å². The molecule has 3 N–H and O–H groups in total. The van der Waals surface area contributed by atoms with Crippen molar-refractivity contribution in [3.05, 3.63) is 28.2 Å². The number of carboxylic acids is 1. The van der Waals surface area contributed by atoms with Gasteiger partial charge in [0.15, 0.2) is 0 Å². The largest absolute Gasteiger partial charge is 0.478 e. The number of nitrogens with one attached hydrogen (secondary N) is 2. The first-order valence-electron chi connectivity index (χ1n) is 6.55. The molecule has 0 aliphatic heterocycles. The highest BCUT2D eigenvalue weighted by molar-refractivity contribution is 9.10. The third-order valence-corrected chi connectivity index (χ3v) is 3.96. The zero-order valence-corrected chi connectivity index (χ0v) is 12.7.